The lowest BCUT2D eigenvalue weighted by Crippen LogP contribution is -2.58. The van der Waals surface area contributed by atoms with Crippen molar-refractivity contribution in [3.8, 4) is 5.75 Å². The van der Waals surface area contributed by atoms with Gasteiger partial charge in [0.1, 0.15) is 5.75 Å². The van der Waals surface area contributed by atoms with Crippen LogP contribution in [0.1, 0.15) is 53.4 Å². The Hall–Kier alpha value is -2.26. The number of fused-ring (bicyclic) bond motifs is 2. The molecule has 0 bridgehead atoms. The molecule has 0 saturated carbocycles. The molecule has 5 nitrogen and oxygen atoms in total. The van der Waals surface area contributed by atoms with E-state index in [0.29, 0.717) is 26.9 Å². The first kappa shape index (κ1) is 21.0. The van der Waals surface area contributed by atoms with Crippen molar-refractivity contribution < 1.29 is 28.2 Å². The number of halogens is 4. The van der Waals surface area contributed by atoms with Gasteiger partial charge in [0.05, 0.1) is 6.04 Å². The van der Waals surface area contributed by atoms with E-state index >= 15 is 0 Å². The molecule has 0 saturated heterocycles. The van der Waals surface area contributed by atoms with Crippen LogP contribution >= 0.6 is 15.9 Å². The molecule has 2 aliphatic rings. The molecule has 1 heterocycles. The van der Waals surface area contributed by atoms with Crippen LogP contribution in [0.3, 0.4) is 0 Å². The van der Waals surface area contributed by atoms with Crippen LogP contribution in [0.25, 0.3) is 0 Å². The summed E-state index contributed by atoms with van der Waals surface area (Å²) in [5.74, 6) is -0.444. The molecule has 2 unspecified atom stereocenters. The molecule has 2 atom stereocenters. The zero-order chi connectivity index (χ0) is 22.1. The van der Waals surface area contributed by atoms with Crippen LogP contribution in [0.4, 0.5) is 18.9 Å². The third-order valence-corrected chi connectivity index (χ3v) is 6.38. The second kappa shape index (κ2) is 6.62. The lowest BCUT2D eigenvalue weighted by Gasteiger charge is -2.49. The van der Waals surface area contributed by atoms with E-state index in [2.05, 4.69) is 26.6 Å². The minimum Gasteiger partial charge on any atom is -0.508 e. The van der Waals surface area contributed by atoms with E-state index in [1.54, 1.807) is 32.0 Å². The smallest absolute Gasteiger partial charge is 0.419 e. The number of amides is 1. The highest BCUT2D eigenvalue weighted by Gasteiger charge is 2.64. The van der Waals surface area contributed by atoms with E-state index in [9.17, 15) is 28.2 Å². The van der Waals surface area contributed by atoms with Crippen LogP contribution in [0.15, 0.2) is 34.8 Å². The lowest BCUT2D eigenvalue weighted by molar-refractivity contribution is -0.276. The number of alkyl halides is 3. The van der Waals surface area contributed by atoms with E-state index in [1.165, 1.54) is 12.1 Å². The Balaban J connectivity index is 1.93. The van der Waals surface area contributed by atoms with Crippen LogP contribution in [0.5, 0.6) is 5.75 Å². The summed E-state index contributed by atoms with van der Waals surface area (Å²) in [5.41, 5.74) is -2.51. The summed E-state index contributed by atoms with van der Waals surface area (Å²) >= 11 is 3.23. The Morgan fingerprint density at radius 1 is 1.27 bits per heavy atom. The summed E-state index contributed by atoms with van der Waals surface area (Å²) in [5, 5.41) is 27.1. The van der Waals surface area contributed by atoms with Crippen LogP contribution < -0.4 is 10.6 Å². The summed E-state index contributed by atoms with van der Waals surface area (Å²) in [6.07, 6.45) is -5.58. The normalized spacial score (nSPS) is 24.8. The molecule has 1 amide bonds. The molecular formula is C21H20BrF3N2O3. The molecule has 2 aromatic carbocycles. The Kier molecular flexibility index (Phi) is 4.63. The molecule has 30 heavy (non-hydrogen) atoms. The number of phenolic OH excluding ortho intramolecular Hbond substituents is 1. The van der Waals surface area contributed by atoms with Crippen molar-refractivity contribution in [1.82, 2.24) is 5.32 Å². The molecule has 0 radical (unpaired) electrons. The van der Waals surface area contributed by atoms with E-state index in [4.69, 9.17) is 0 Å². The number of carbonyl (C=O) groups excluding carboxylic acids is 1. The number of anilines is 1. The summed E-state index contributed by atoms with van der Waals surface area (Å²) in [7, 11) is 0. The van der Waals surface area contributed by atoms with Crippen LogP contribution in [0, 0.1) is 0 Å². The highest BCUT2D eigenvalue weighted by atomic mass is 79.9. The fraction of sp³-hybridized carbons (Fsp3) is 0.381. The number of rotatable bonds is 2. The van der Waals surface area contributed by atoms with Gasteiger partial charge in [-0.15, -0.1) is 0 Å². The molecule has 0 spiro atoms. The number of aliphatic hydroxyl groups is 1. The molecule has 2 aromatic rings. The van der Waals surface area contributed by atoms with E-state index in [1.807, 2.05) is 0 Å². The van der Waals surface area contributed by atoms with Gasteiger partial charge in [-0.2, -0.15) is 13.2 Å². The van der Waals surface area contributed by atoms with Crippen molar-refractivity contribution in [2.24, 2.45) is 0 Å². The number of carbonyl (C=O) groups is 1. The van der Waals surface area contributed by atoms with Crippen molar-refractivity contribution in [2.45, 2.75) is 50.0 Å². The lowest BCUT2D eigenvalue weighted by atomic mass is 9.63. The van der Waals surface area contributed by atoms with Crippen molar-refractivity contribution in [3.63, 3.8) is 0 Å². The molecule has 1 aliphatic carbocycles. The maximum atomic E-state index is 14.2. The topological polar surface area (TPSA) is 81.6 Å². The molecule has 4 N–H and O–H groups in total. The highest BCUT2D eigenvalue weighted by Crippen LogP contribution is 2.56. The number of benzene rings is 2. The summed E-state index contributed by atoms with van der Waals surface area (Å²) in [6, 6.07) is 6.07. The van der Waals surface area contributed by atoms with Gasteiger partial charge in [0, 0.05) is 33.4 Å². The second-order valence-corrected chi connectivity index (χ2v) is 9.38. The molecule has 0 fully saturated rings. The minimum atomic E-state index is -4.94. The van der Waals surface area contributed by atoms with Gasteiger partial charge < -0.3 is 20.8 Å². The maximum absolute atomic E-state index is 14.2. The van der Waals surface area contributed by atoms with Gasteiger partial charge in [-0.25, -0.2) is 0 Å². The molecule has 160 valence electrons. The second-order valence-electron chi connectivity index (χ2n) is 8.46. The zero-order valence-electron chi connectivity index (χ0n) is 16.2. The fourth-order valence-electron chi connectivity index (χ4n) is 4.71. The maximum Gasteiger partial charge on any atom is 0.419 e. The van der Waals surface area contributed by atoms with Gasteiger partial charge in [0.15, 0.2) is 5.60 Å². The predicted octanol–water partition coefficient (Wildman–Crippen LogP) is 4.53. The Labute approximate surface area is 179 Å². The third-order valence-electron chi connectivity index (χ3n) is 5.93. The Bertz CT molecular complexity index is 1050. The quantitative estimate of drug-likeness (QED) is 0.504. The van der Waals surface area contributed by atoms with Gasteiger partial charge in [-0.3, -0.25) is 4.79 Å². The van der Waals surface area contributed by atoms with Gasteiger partial charge in [-0.1, -0.05) is 35.8 Å². The van der Waals surface area contributed by atoms with E-state index in [0.717, 1.165) is 0 Å². The van der Waals surface area contributed by atoms with Crippen LogP contribution in [0.2, 0.25) is 0 Å². The van der Waals surface area contributed by atoms with Gasteiger partial charge in [0.2, 0.25) is 0 Å². The first-order chi connectivity index (χ1) is 13.8. The van der Waals surface area contributed by atoms with Crippen LogP contribution in [-0.4, -0.2) is 27.9 Å². The summed E-state index contributed by atoms with van der Waals surface area (Å²) in [6.45, 7) is 3.31. The zero-order valence-corrected chi connectivity index (χ0v) is 17.8. The average molecular weight is 485 g/mol. The largest absolute Gasteiger partial charge is 0.508 e. The van der Waals surface area contributed by atoms with E-state index < -0.39 is 29.7 Å². The van der Waals surface area contributed by atoms with Gasteiger partial charge >= 0.3 is 6.18 Å². The first-order valence-corrected chi connectivity index (χ1v) is 10.1. The number of hydrogen-bond donors (Lipinski definition) is 4. The third kappa shape index (κ3) is 3.06. The first-order valence-electron chi connectivity index (χ1n) is 9.34. The van der Waals surface area contributed by atoms with Gasteiger partial charge in [0.25, 0.3) is 5.91 Å². The number of hydrogen-bond acceptors (Lipinski definition) is 4. The molecule has 0 aromatic heterocycles. The number of aromatic hydroxyl groups is 1. The fourth-order valence-corrected chi connectivity index (χ4v) is 5.17. The van der Waals surface area contributed by atoms with Crippen molar-refractivity contribution in [2.75, 3.05) is 5.32 Å². The van der Waals surface area contributed by atoms with Crippen molar-refractivity contribution >= 4 is 27.5 Å². The van der Waals surface area contributed by atoms with E-state index in [-0.39, 0.29) is 23.8 Å². The SMILES string of the molecule is CC1(C)CC(O)(C(F)(F)F)C(Nc2cccc3c2CNC3=O)c2cc(Br)cc(O)c21. The van der Waals surface area contributed by atoms with Gasteiger partial charge in [-0.05, 0) is 41.7 Å². The predicted molar refractivity (Wildman–Crippen MR) is 108 cm³/mol. The van der Waals surface area contributed by atoms with Crippen molar-refractivity contribution in [3.05, 3.63) is 57.1 Å². The molecular weight excluding hydrogens is 465 g/mol. The molecule has 1 aliphatic heterocycles. The molecule has 4 rings (SSSR count). The van der Waals surface area contributed by atoms with Crippen molar-refractivity contribution in [1.29, 1.82) is 0 Å². The Morgan fingerprint density at radius 3 is 2.63 bits per heavy atom. The summed E-state index contributed by atoms with van der Waals surface area (Å²) < 4.78 is 43.1. The minimum absolute atomic E-state index is 0.143. The monoisotopic (exact) mass is 484 g/mol. The number of phenols is 1. The van der Waals surface area contributed by atoms with Crippen LogP contribution in [-0.2, 0) is 12.0 Å². The number of nitrogens with one attached hydrogen (secondary N) is 2. The molecule has 9 heteroatoms. The Morgan fingerprint density at radius 2 is 1.97 bits per heavy atom. The summed E-state index contributed by atoms with van der Waals surface area (Å²) in [4.78, 5) is 12.0. The standard InChI is InChI=1S/C21H20BrF3N2O3/c1-19(2)9-20(30,21(23,24)25)17(12-6-10(22)7-15(28)16(12)19)27-14-5-3-4-11-13(14)8-26-18(11)29/h3-7,17,27-28,30H,8-9H2,1-2H3,(H,26,29). The average Bonchev–Trinajstić information content (AvgIpc) is 2.98. The highest BCUT2D eigenvalue weighted by molar-refractivity contribution is 9.10.